The van der Waals surface area contributed by atoms with Gasteiger partial charge < -0.3 is 16.0 Å². The van der Waals surface area contributed by atoms with Gasteiger partial charge in [0.25, 0.3) is 5.91 Å². The highest BCUT2D eigenvalue weighted by atomic mass is 16.2. The highest BCUT2D eigenvalue weighted by Crippen LogP contribution is 2.31. The van der Waals surface area contributed by atoms with Gasteiger partial charge in [-0.25, -0.2) is 4.79 Å². The Morgan fingerprint density at radius 2 is 2.03 bits per heavy atom. The number of hydrogen-bond acceptors (Lipinski definition) is 8. The number of imide groups is 1. The molecule has 3 amide bonds. The van der Waals surface area contributed by atoms with Crippen molar-refractivity contribution in [3.8, 4) is 0 Å². The number of nitrogens with one attached hydrogen (secondary N) is 4. The number of aryl methyl sites for hydroxylation is 1. The second kappa shape index (κ2) is 7.29. The first-order valence-electron chi connectivity index (χ1n) is 10.7. The maximum absolute atomic E-state index is 12.0. The van der Waals surface area contributed by atoms with Gasteiger partial charge in [0, 0.05) is 23.5 Å². The topological polar surface area (TPSA) is 138 Å². The van der Waals surface area contributed by atoms with E-state index in [1.165, 1.54) is 5.56 Å². The Bertz CT molecular complexity index is 1280. The van der Waals surface area contributed by atoms with Gasteiger partial charge in [-0.3, -0.25) is 15.1 Å². The molecule has 0 radical (unpaired) electrons. The third-order valence-corrected chi connectivity index (χ3v) is 5.84. The Morgan fingerprint density at radius 3 is 2.84 bits per heavy atom. The SMILES string of the molecule is O=C1NC(=O)/C(=C/c2cnn3c(NC4CC4)nc(NC4CCCc5ncccc54)nc23)N1. The first-order chi connectivity index (χ1) is 15.6. The summed E-state index contributed by atoms with van der Waals surface area (Å²) >= 11 is 0. The van der Waals surface area contributed by atoms with E-state index in [9.17, 15) is 9.59 Å². The molecule has 1 saturated heterocycles. The van der Waals surface area contributed by atoms with Gasteiger partial charge in [0.15, 0.2) is 5.65 Å². The standard InChI is InChI=1S/C21H21N9O2/c31-18-16(26-21(32)28-18)9-11-10-23-30-17(11)27-19(29-20(30)24-12-6-7-12)25-15-5-1-4-14-13(15)3-2-8-22-14/h2-3,8-10,12,15H,1,4-7H2,(H2,24,25,27,29)(H2,26,28,31,32)/b16-9-. The largest absolute Gasteiger partial charge is 0.351 e. The van der Waals surface area contributed by atoms with Crippen molar-refractivity contribution in [1.29, 1.82) is 0 Å². The van der Waals surface area contributed by atoms with Gasteiger partial charge in [-0.1, -0.05) is 6.07 Å². The lowest BCUT2D eigenvalue weighted by atomic mass is 9.91. The zero-order valence-corrected chi connectivity index (χ0v) is 17.1. The maximum Gasteiger partial charge on any atom is 0.326 e. The Kier molecular flexibility index (Phi) is 4.27. The van der Waals surface area contributed by atoms with Gasteiger partial charge in [-0.15, -0.1) is 0 Å². The van der Waals surface area contributed by atoms with Crippen molar-refractivity contribution in [3.05, 3.63) is 47.0 Å². The van der Waals surface area contributed by atoms with Crippen LogP contribution in [-0.2, 0) is 11.2 Å². The molecule has 4 heterocycles. The lowest BCUT2D eigenvalue weighted by molar-refractivity contribution is -0.115. The van der Waals surface area contributed by atoms with Crippen LogP contribution >= 0.6 is 0 Å². The Morgan fingerprint density at radius 1 is 1.12 bits per heavy atom. The van der Waals surface area contributed by atoms with Crippen LogP contribution in [0.1, 0.15) is 48.5 Å². The van der Waals surface area contributed by atoms with Gasteiger partial charge in [0.1, 0.15) is 5.70 Å². The molecule has 0 aromatic carbocycles. The lowest BCUT2D eigenvalue weighted by Crippen LogP contribution is -2.22. The number of anilines is 2. The average molecular weight is 431 g/mol. The number of rotatable bonds is 5. The fourth-order valence-electron chi connectivity index (χ4n) is 4.11. The van der Waals surface area contributed by atoms with E-state index in [4.69, 9.17) is 9.97 Å². The summed E-state index contributed by atoms with van der Waals surface area (Å²) in [5.74, 6) is 0.582. The fourth-order valence-corrected chi connectivity index (χ4v) is 4.11. The van der Waals surface area contributed by atoms with Crippen LogP contribution in [0.25, 0.3) is 11.7 Å². The van der Waals surface area contributed by atoms with E-state index < -0.39 is 11.9 Å². The molecule has 6 rings (SSSR count). The van der Waals surface area contributed by atoms with E-state index in [0.717, 1.165) is 37.8 Å². The van der Waals surface area contributed by atoms with E-state index in [2.05, 4.69) is 37.4 Å². The zero-order chi connectivity index (χ0) is 21.7. The molecule has 0 spiro atoms. The fraction of sp³-hybridized carbons (Fsp3) is 0.333. The second-order valence-electron chi connectivity index (χ2n) is 8.22. The first-order valence-corrected chi connectivity index (χ1v) is 10.7. The predicted molar refractivity (Wildman–Crippen MR) is 116 cm³/mol. The van der Waals surface area contributed by atoms with Crippen LogP contribution in [0.15, 0.2) is 30.2 Å². The van der Waals surface area contributed by atoms with Crippen molar-refractivity contribution in [1.82, 2.24) is 35.2 Å². The van der Waals surface area contributed by atoms with E-state index in [0.29, 0.717) is 29.1 Å². The van der Waals surface area contributed by atoms with Gasteiger partial charge in [0.2, 0.25) is 11.9 Å². The summed E-state index contributed by atoms with van der Waals surface area (Å²) in [5, 5.41) is 16.0. The highest BCUT2D eigenvalue weighted by Gasteiger charge is 2.27. The summed E-state index contributed by atoms with van der Waals surface area (Å²) in [7, 11) is 0. The molecular formula is C21H21N9O2. The quantitative estimate of drug-likeness (QED) is 0.354. The third-order valence-electron chi connectivity index (χ3n) is 5.84. The minimum absolute atomic E-state index is 0.0632. The van der Waals surface area contributed by atoms with Crippen molar-refractivity contribution in [2.24, 2.45) is 0 Å². The predicted octanol–water partition coefficient (Wildman–Crippen LogP) is 1.76. The molecule has 2 aliphatic carbocycles. The van der Waals surface area contributed by atoms with E-state index in [-0.39, 0.29) is 11.7 Å². The number of amides is 3. The van der Waals surface area contributed by atoms with Crippen molar-refractivity contribution in [2.75, 3.05) is 10.6 Å². The smallest absolute Gasteiger partial charge is 0.326 e. The molecule has 0 bridgehead atoms. The van der Waals surface area contributed by atoms with Gasteiger partial charge in [-0.05, 0) is 49.8 Å². The molecule has 1 atom stereocenters. The summed E-state index contributed by atoms with van der Waals surface area (Å²) in [5.41, 5.74) is 3.57. The van der Waals surface area contributed by atoms with E-state index >= 15 is 0 Å². The summed E-state index contributed by atoms with van der Waals surface area (Å²) in [6, 6.07) is 3.93. The van der Waals surface area contributed by atoms with Crippen LogP contribution in [-0.4, -0.2) is 42.5 Å². The molecule has 162 valence electrons. The first kappa shape index (κ1) is 18.7. The molecule has 4 N–H and O–H groups in total. The summed E-state index contributed by atoms with van der Waals surface area (Å²) < 4.78 is 1.63. The summed E-state index contributed by atoms with van der Waals surface area (Å²) in [4.78, 5) is 37.3. The van der Waals surface area contributed by atoms with Crippen LogP contribution in [0.3, 0.4) is 0 Å². The molecule has 3 aliphatic rings. The lowest BCUT2D eigenvalue weighted by Gasteiger charge is -2.25. The van der Waals surface area contributed by atoms with E-state index in [1.807, 2.05) is 12.3 Å². The molecule has 3 aromatic heterocycles. The van der Waals surface area contributed by atoms with Gasteiger partial charge >= 0.3 is 6.03 Å². The van der Waals surface area contributed by atoms with Crippen LogP contribution < -0.4 is 21.3 Å². The monoisotopic (exact) mass is 431 g/mol. The van der Waals surface area contributed by atoms with Crippen molar-refractivity contribution in [2.45, 2.75) is 44.2 Å². The minimum atomic E-state index is -0.546. The van der Waals surface area contributed by atoms with E-state index in [1.54, 1.807) is 16.8 Å². The summed E-state index contributed by atoms with van der Waals surface area (Å²) in [6.45, 7) is 0. The number of aromatic nitrogens is 5. The molecule has 11 nitrogen and oxygen atoms in total. The van der Waals surface area contributed by atoms with Gasteiger partial charge in [-0.2, -0.15) is 19.6 Å². The molecule has 1 saturated carbocycles. The molecule has 32 heavy (non-hydrogen) atoms. The zero-order valence-electron chi connectivity index (χ0n) is 17.1. The molecule has 3 aromatic rings. The third kappa shape index (κ3) is 3.41. The maximum atomic E-state index is 12.0. The number of hydrogen-bond donors (Lipinski definition) is 4. The number of pyridine rings is 1. The Labute approximate surface area is 182 Å². The van der Waals surface area contributed by atoms with Gasteiger partial charge in [0.05, 0.1) is 12.2 Å². The average Bonchev–Trinajstić information content (AvgIpc) is 3.42. The Hall–Kier alpha value is -4.02. The minimum Gasteiger partial charge on any atom is -0.351 e. The van der Waals surface area contributed by atoms with Crippen molar-refractivity contribution < 1.29 is 9.59 Å². The molecule has 1 aliphatic heterocycles. The Balaban J connectivity index is 1.40. The van der Waals surface area contributed by atoms with Crippen molar-refractivity contribution >= 4 is 35.6 Å². The molecular weight excluding hydrogens is 410 g/mol. The van der Waals surface area contributed by atoms with Crippen LogP contribution in [0.5, 0.6) is 0 Å². The molecule has 2 fully saturated rings. The number of nitrogens with zero attached hydrogens (tertiary/aromatic N) is 5. The van der Waals surface area contributed by atoms with Crippen LogP contribution in [0.4, 0.5) is 16.7 Å². The number of urea groups is 1. The number of carbonyl (C=O) groups is 2. The van der Waals surface area contributed by atoms with Crippen molar-refractivity contribution in [3.63, 3.8) is 0 Å². The normalized spacial score (nSPS) is 21.4. The number of carbonyl (C=O) groups excluding carboxylic acids is 2. The second-order valence-corrected chi connectivity index (χ2v) is 8.22. The summed E-state index contributed by atoms with van der Waals surface area (Å²) in [6.07, 6.45) is 10.1. The molecule has 11 heteroatoms. The highest BCUT2D eigenvalue weighted by molar-refractivity contribution is 6.14. The number of fused-ring (bicyclic) bond motifs is 2. The molecule has 1 unspecified atom stereocenters. The van der Waals surface area contributed by atoms with Crippen LogP contribution in [0, 0.1) is 0 Å². The van der Waals surface area contributed by atoms with Crippen LogP contribution in [0.2, 0.25) is 0 Å².